The number of hydrogen-bond donors (Lipinski definition) is 2. The Kier molecular flexibility index (Phi) is 5.32. The van der Waals surface area contributed by atoms with E-state index < -0.39 is 5.25 Å². The molecule has 0 aromatic heterocycles. The van der Waals surface area contributed by atoms with Crippen LogP contribution >= 0.6 is 27.7 Å². The molecule has 5 nitrogen and oxygen atoms in total. The van der Waals surface area contributed by atoms with Crippen molar-refractivity contribution in [2.75, 3.05) is 5.32 Å². The number of amidine groups is 1. The van der Waals surface area contributed by atoms with Gasteiger partial charge in [-0.2, -0.15) is 0 Å². The average molecular weight is 404 g/mol. The van der Waals surface area contributed by atoms with Crippen molar-refractivity contribution in [1.29, 1.82) is 0 Å². The van der Waals surface area contributed by atoms with E-state index in [1.54, 1.807) is 12.1 Å². The molecule has 2 amide bonds. The van der Waals surface area contributed by atoms with Gasteiger partial charge in [-0.15, -0.1) is 0 Å². The monoisotopic (exact) mass is 403 g/mol. The number of para-hydroxylation sites is 1. The highest BCUT2D eigenvalue weighted by Gasteiger charge is 2.30. The molecular formula is C17H14BrN3O2S. The Bertz CT molecular complexity index is 778. The summed E-state index contributed by atoms with van der Waals surface area (Å²) in [4.78, 5) is 28.7. The van der Waals surface area contributed by atoms with Gasteiger partial charge in [-0.3, -0.25) is 9.59 Å². The van der Waals surface area contributed by atoms with Crippen LogP contribution in [0.2, 0.25) is 0 Å². The van der Waals surface area contributed by atoms with Crippen molar-refractivity contribution in [3.05, 3.63) is 59.1 Å². The van der Waals surface area contributed by atoms with Gasteiger partial charge >= 0.3 is 0 Å². The molecule has 1 saturated heterocycles. The van der Waals surface area contributed by atoms with Gasteiger partial charge in [0.2, 0.25) is 11.8 Å². The lowest BCUT2D eigenvalue weighted by Gasteiger charge is -2.22. The molecule has 0 unspecified atom stereocenters. The van der Waals surface area contributed by atoms with Crippen molar-refractivity contribution >= 4 is 56.0 Å². The highest BCUT2D eigenvalue weighted by molar-refractivity contribution is 9.10. The van der Waals surface area contributed by atoms with Crippen LogP contribution in [0.4, 0.5) is 11.4 Å². The minimum atomic E-state index is -0.509. The van der Waals surface area contributed by atoms with Gasteiger partial charge in [-0.1, -0.05) is 45.9 Å². The Morgan fingerprint density at radius 3 is 2.58 bits per heavy atom. The Balaban J connectivity index is 1.71. The van der Waals surface area contributed by atoms with E-state index in [4.69, 9.17) is 0 Å². The Hall–Kier alpha value is -2.12. The maximum absolute atomic E-state index is 12.4. The number of carbonyl (C=O) groups is 2. The van der Waals surface area contributed by atoms with Gasteiger partial charge in [-0.05, 0) is 36.4 Å². The Morgan fingerprint density at radius 1 is 1.17 bits per heavy atom. The van der Waals surface area contributed by atoms with Crippen LogP contribution in [0.1, 0.15) is 6.42 Å². The quantitative estimate of drug-likeness (QED) is 0.820. The van der Waals surface area contributed by atoms with Crippen molar-refractivity contribution in [3.8, 4) is 0 Å². The van der Waals surface area contributed by atoms with Crippen LogP contribution in [0, 0.1) is 0 Å². The van der Waals surface area contributed by atoms with E-state index in [0.717, 1.165) is 10.2 Å². The molecule has 122 valence electrons. The van der Waals surface area contributed by atoms with Gasteiger partial charge in [0.1, 0.15) is 5.25 Å². The number of thioether (sulfide) groups is 1. The van der Waals surface area contributed by atoms with E-state index in [0.29, 0.717) is 10.9 Å². The van der Waals surface area contributed by atoms with Crippen LogP contribution in [0.5, 0.6) is 0 Å². The molecule has 0 saturated carbocycles. The number of benzene rings is 2. The van der Waals surface area contributed by atoms with Crippen molar-refractivity contribution < 1.29 is 9.59 Å². The zero-order valence-corrected chi connectivity index (χ0v) is 14.9. The summed E-state index contributed by atoms with van der Waals surface area (Å²) in [5.74, 6) is -0.419. The zero-order chi connectivity index (χ0) is 16.9. The first-order valence-electron chi connectivity index (χ1n) is 7.27. The van der Waals surface area contributed by atoms with E-state index in [2.05, 4.69) is 31.6 Å². The number of nitrogens with one attached hydrogen (secondary N) is 2. The normalized spacial score (nSPS) is 19.0. The fourth-order valence-corrected chi connectivity index (χ4v) is 3.39. The van der Waals surface area contributed by atoms with Crippen LogP contribution in [-0.2, 0) is 9.59 Å². The van der Waals surface area contributed by atoms with Gasteiger partial charge in [0.15, 0.2) is 5.17 Å². The predicted molar refractivity (Wildman–Crippen MR) is 100 cm³/mol. The van der Waals surface area contributed by atoms with Crippen molar-refractivity contribution in [2.24, 2.45) is 4.99 Å². The lowest BCUT2D eigenvalue weighted by atomic mass is 10.2. The Labute approximate surface area is 152 Å². The van der Waals surface area contributed by atoms with E-state index in [-0.39, 0.29) is 18.2 Å². The maximum Gasteiger partial charge on any atom is 0.238 e. The first-order valence-corrected chi connectivity index (χ1v) is 8.94. The van der Waals surface area contributed by atoms with E-state index >= 15 is 0 Å². The zero-order valence-electron chi connectivity index (χ0n) is 12.5. The average Bonchev–Trinajstić information content (AvgIpc) is 2.57. The second kappa shape index (κ2) is 7.63. The summed E-state index contributed by atoms with van der Waals surface area (Å²) in [7, 11) is 0. The van der Waals surface area contributed by atoms with Crippen molar-refractivity contribution in [3.63, 3.8) is 0 Å². The number of rotatable bonds is 3. The highest BCUT2D eigenvalue weighted by Crippen LogP contribution is 2.25. The van der Waals surface area contributed by atoms with E-state index in [9.17, 15) is 9.59 Å². The molecule has 2 aromatic rings. The highest BCUT2D eigenvalue weighted by atomic mass is 79.9. The van der Waals surface area contributed by atoms with E-state index in [1.165, 1.54) is 11.8 Å². The fourth-order valence-electron chi connectivity index (χ4n) is 2.12. The molecule has 1 aliphatic rings. The smallest absolute Gasteiger partial charge is 0.238 e. The first-order chi connectivity index (χ1) is 11.6. The second-order valence-electron chi connectivity index (χ2n) is 5.11. The number of nitrogens with zero attached hydrogens (tertiary/aromatic N) is 1. The summed E-state index contributed by atoms with van der Waals surface area (Å²) in [6.07, 6.45) is 0.126. The molecule has 1 heterocycles. The molecule has 24 heavy (non-hydrogen) atoms. The maximum atomic E-state index is 12.4. The standard InChI is InChI=1S/C17H14BrN3O2S/c18-11-6-8-13(9-7-11)19-16(23)14-10-15(22)21-17(24-14)20-12-4-2-1-3-5-12/h1-9,14H,10H2,(H,19,23)(H,20,21,22)/t14-/m1/s1. The number of halogens is 1. The van der Waals surface area contributed by atoms with Crippen molar-refractivity contribution in [1.82, 2.24) is 5.32 Å². The molecule has 1 aliphatic heterocycles. The minimum Gasteiger partial charge on any atom is -0.325 e. The lowest BCUT2D eigenvalue weighted by molar-refractivity contribution is -0.123. The number of anilines is 1. The predicted octanol–water partition coefficient (Wildman–Crippen LogP) is 3.70. The molecule has 1 atom stereocenters. The van der Waals surface area contributed by atoms with Gasteiger partial charge in [-0.25, -0.2) is 4.99 Å². The van der Waals surface area contributed by atoms with Crippen molar-refractivity contribution in [2.45, 2.75) is 11.7 Å². The molecule has 0 aliphatic carbocycles. The number of amides is 2. The molecule has 2 aromatic carbocycles. The van der Waals surface area contributed by atoms with E-state index in [1.807, 2.05) is 42.5 Å². The summed E-state index contributed by atoms with van der Waals surface area (Å²) in [5.41, 5.74) is 1.42. The molecule has 7 heteroatoms. The van der Waals surface area contributed by atoms with Gasteiger partial charge in [0.05, 0.1) is 5.69 Å². The number of carbonyl (C=O) groups excluding carboxylic acids is 2. The second-order valence-corrected chi connectivity index (χ2v) is 7.21. The summed E-state index contributed by atoms with van der Waals surface area (Å²) in [5, 5.41) is 5.47. The molecule has 0 radical (unpaired) electrons. The first kappa shape index (κ1) is 16.7. The topological polar surface area (TPSA) is 70.6 Å². The third-order valence-corrected chi connectivity index (χ3v) is 4.87. The molecule has 2 N–H and O–H groups in total. The Morgan fingerprint density at radius 2 is 1.88 bits per heavy atom. The third-order valence-electron chi connectivity index (χ3n) is 3.26. The van der Waals surface area contributed by atoms with Crippen LogP contribution < -0.4 is 10.6 Å². The number of hydrogen-bond acceptors (Lipinski definition) is 4. The SMILES string of the molecule is O=C1C[C@H](C(=O)Nc2ccc(Br)cc2)SC(=Nc2ccccc2)N1. The minimum absolute atomic E-state index is 0.126. The van der Waals surface area contributed by atoms with Crippen LogP contribution in [0.25, 0.3) is 0 Å². The fraction of sp³-hybridized carbons (Fsp3) is 0.118. The van der Waals surface area contributed by atoms with Gasteiger partial charge in [0.25, 0.3) is 0 Å². The molecule has 3 rings (SSSR count). The van der Waals surface area contributed by atoms with Crippen LogP contribution in [0.3, 0.4) is 0 Å². The van der Waals surface area contributed by atoms with Crippen LogP contribution in [-0.4, -0.2) is 22.2 Å². The van der Waals surface area contributed by atoms with Gasteiger partial charge in [0, 0.05) is 16.6 Å². The lowest BCUT2D eigenvalue weighted by Crippen LogP contribution is -2.41. The summed E-state index contributed by atoms with van der Waals surface area (Å²) in [6.45, 7) is 0. The summed E-state index contributed by atoms with van der Waals surface area (Å²) >= 11 is 4.61. The number of aliphatic imine (C=N–C) groups is 1. The third kappa shape index (κ3) is 4.46. The molecular weight excluding hydrogens is 390 g/mol. The largest absolute Gasteiger partial charge is 0.325 e. The van der Waals surface area contributed by atoms with Crippen LogP contribution in [0.15, 0.2) is 64.1 Å². The molecule has 0 spiro atoms. The summed E-state index contributed by atoms with van der Waals surface area (Å²) < 4.78 is 0.934. The molecule has 0 bridgehead atoms. The summed E-state index contributed by atoms with van der Waals surface area (Å²) in [6, 6.07) is 16.6. The van der Waals surface area contributed by atoms with Gasteiger partial charge < -0.3 is 10.6 Å². The molecule has 1 fully saturated rings.